The highest BCUT2D eigenvalue weighted by Crippen LogP contribution is 2.27. The van der Waals surface area contributed by atoms with Crippen LogP contribution in [-0.2, 0) is 35.6 Å². The fourth-order valence-electron chi connectivity index (χ4n) is 3.74. The monoisotopic (exact) mass is 492 g/mol. The first kappa shape index (κ1) is 25.4. The lowest BCUT2D eigenvalue weighted by Crippen LogP contribution is -2.45. The van der Waals surface area contributed by atoms with E-state index in [0.29, 0.717) is 0 Å². The normalized spacial score (nSPS) is 15.0. The summed E-state index contributed by atoms with van der Waals surface area (Å²) in [4.78, 5) is 38.3. The first-order valence-corrected chi connectivity index (χ1v) is 12.4. The minimum atomic E-state index is -3.97. The van der Waals surface area contributed by atoms with Crippen LogP contribution in [0, 0.1) is 5.92 Å². The van der Waals surface area contributed by atoms with Gasteiger partial charge in [-0.15, -0.1) is 0 Å². The molecule has 1 aliphatic rings. The van der Waals surface area contributed by atoms with Gasteiger partial charge in [0, 0.05) is 25.6 Å². The van der Waals surface area contributed by atoms with E-state index in [2.05, 4.69) is 0 Å². The first-order chi connectivity index (χ1) is 16.3. The summed E-state index contributed by atoms with van der Waals surface area (Å²) in [5.41, 5.74) is 0.870. The molecule has 0 unspecified atom stereocenters. The zero-order valence-electron chi connectivity index (χ0n) is 19.1. The summed E-state index contributed by atoms with van der Waals surface area (Å²) in [5.74, 6) is -2.12. The quantitative estimate of drug-likeness (QED) is 0.488. The summed E-state index contributed by atoms with van der Waals surface area (Å²) in [7, 11) is -2.71. The van der Waals surface area contributed by atoms with Crippen molar-refractivity contribution in [3.05, 3.63) is 53.8 Å². The number of methoxy groups -OCH3 is 1. The lowest BCUT2D eigenvalue weighted by atomic mass is 9.96. The topological polar surface area (TPSA) is 123 Å². The number of rotatable bonds is 9. The molecule has 10 nitrogen and oxygen atoms in total. The molecule has 0 saturated carbocycles. The van der Waals surface area contributed by atoms with Gasteiger partial charge in [-0.05, 0) is 37.5 Å². The van der Waals surface area contributed by atoms with Crippen LogP contribution in [0.3, 0.4) is 0 Å². The van der Waals surface area contributed by atoms with Crippen LogP contribution in [0.15, 0.2) is 52.0 Å². The second-order valence-corrected chi connectivity index (χ2v) is 9.64. The van der Waals surface area contributed by atoms with Crippen molar-refractivity contribution in [1.29, 1.82) is 0 Å². The average molecular weight is 493 g/mol. The van der Waals surface area contributed by atoms with E-state index in [0.717, 1.165) is 5.56 Å². The van der Waals surface area contributed by atoms with E-state index in [4.69, 9.17) is 13.9 Å². The molecule has 2 aromatic rings. The van der Waals surface area contributed by atoms with Crippen molar-refractivity contribution in [1.82, 2.24) is 9.21 Å². The molecular weight excluding hydrogens is 464 g/mol. The number of piperidine rings is 1. The first-order valence-electron chi connectivity index (χ1n) is 10.9. The molecule has 34 heavy (non-hydrogen) atoms. The van der Waals surface area contributed by atoms with Gasteiger partial charge in [0.1, 0.15) is 6.54 Å². The third kappa shape index (κ3) is 6.03. The Labute approximate surface area is 198 Å². The molecule has 0 atom stereocenters. The van der Waals surface area contributed by atoms with Gasteiger partial charge in [0.2, 0.25) is 16.8 Å². The van der Waals surface area contributed by atoms with Gasteiger partial charge in [-0.2, -0.15) is 4.31 Å². The lowest BCUT2D eigenvalue weighted by molar-refractivity contribution is -0.149. The third-order valence-electron chi connectivity index (χ3n) is 5.53. The van der Waals surface area contributed by atoms with Crippen molar-refractivity contribution < 1.29 is 36.7 Å². The average Bonchev–Trinajstić information content (AvgIpc) is 3.35. The summed E-state index contributed by atoms with van der Waals surface area (Å²) in [6.45, 7) is 2.04. The van der Waals surface area contributed by atoms with E-state index in [1.54, 1.807) is 6.92 Å². The smallest absolute Gasteiger partial charge is 0.374 e. The molecule has 0 bridgehead atoms. The van der Waals surface area contributed by atoms with Gasteiger partial charge in [0.15, 0.2) is 0 Å². The van der Waals surface area contributed by atoms with Crippen LogP contribution in [0.2, 0.25) is 0 Å². The summed E-state index contributed by atoms with van der Waals surface area (Å²) >= 11 is 0. The van der Waals surface area contributed by atoms with Gasteiger partial charge in [-0.3, -0.25) is 9.59 Å². The molecule has 1 aliphatic heterocycles. The molecule has 0 N–H and O–H groups in total. The fraction of sp³-hybridized carbons (Fsp3) is 0.435. The second-order valence-electron chi connectivity index (χ2n) is 7.77. The van der Waals surface area contributed by atoms with Gasteiger partial charge in [-0.1, -0.05) is 30.3 Å². The molecule has 2 heterocycles. The van der Waals surface area contributed by atoms with E-state index in [1.165, 1.54) is 28.4 Å². The number of sulfonamides is 1. The molecule has 0 aliphatic carbocycles. The van der Waals surface area contributed by atoms with Crippen LogP contribution in [0.1, 0.15) is 35.9 Å². The number of carbonyl (C=O) groups excluding carboxylic acids is 3. The van der Waals surface area contributed by atoms with Crippen molar-refractivity contribution >= 4 is 27.9 Å². The van der Waals surface area contributed by atoms with Gasteiger partial charge >= 0.3 is 11.9 Å². The number of amides is 1. The molecule has 1 saturated heterocycles. The number of carbonyl (C=O) groups is 3. The maximum Gasteiger partial charge on any atom is 0.374 e. The van der Waals surface area contributed by atoms with Crippen LogP contribution in [0.4, 0.5) is 0 Å². The van der Waals surface area contributed by atoms with Gasteiger partial charge in [0.05, 0.1) is 13.7 Å². The largest absolute Gasteiger partial charge is 0.468 e. The highest BCUT2D eigenvalue weighted by atomic mass is 32.2. The van der Waals surface area contributed by atoms with E-state index >= 15 is 0 Å². The predicted octanol–water partition coefficient (Wildman–Crippen LogP) is 2.06. The summed E-state index contributed by atoms with van der Waals surface area (Å²) < 4.78 is 41.9. The molecule has 3 rings (SSSR count). The maximum absolute atomic E-state index is 13.2. The predicted molar refractivity (Wildman–Crippen MR) is 120 cm³/mol. The van der Waals surface area contributed by atoms with Crippen LogP contribution in [-0.4, -0.2) is 68.8 Å². The zero-order chi connectivity index (χ0) is 24.7. The van der Waals surface area contributed by atoms with Crippen molar-refractivity contribution in [3.63, 3.8) is 0 Å². The van der Waals surface area contributed by atoms with Crippen molar-refractivity contribution in [2.24, 2.45) is 5.92 Å². The Hall–Kier alpha value is -3.18. The van der Waals surface area contributed by atoms with Crippen molar-refractivity contribution in [2.45, 2.75) is 31.4 Å². The molecule has 11 heteroatoms. The zero-order valence-corrected chi connectivity index (χ0v) is 20.0. The van der Waals surface area contributed by atoms with E-state index in [1.807, 2.05) is 30.3 Å². The summed E-state index contributed by atoms with van der Waals surface area (Å²) in [5, 5.41) is -0.350. The molecule has 0 spiro atoms. The van der Waals surface area contributed by atoms with Crippen LogP contribution in [0.5, 0.6) is 0 Å². The minimum Gasteiger partial charge on any atom is -0.468 e. The van der Waals surface area contributed by atoms with Crippen molar-refractivity contribution in [2.75, 3.05) is 33.4 Å². The molecule has 184 valence electrons. The third-order valence-corrected chi connectivity index (χ3v) is 7.30. The number of hydrogen-bond donors (Lipinski definition) is 0. The summed E-state index contributed by atoms with van der Waals surface area (Å²) in [6.07, 6.45) is 0.575. The van der Waals surface area contributed by atoms with Crippen LogP contribution in [0.25, 0.3) is 0 Å². The van der Waals surface area contributed by atoms with Crippen molar-refractivity contribution in [3.8, 4) is 0 Å². The highest BCUT2D eigenvalue weighted by Gasteiger charge is 2.36. The Morgan fingerprint density at radius 3 is 2.38 bits per heavy atom. The summed E-state index contributed by atoms with van der Waals surface area (Å²) in [6, 6.07) is 11.8. The molecule has 1 aromatic carbocycles. The standard InChI is InChI=1S/C23H28N2O8S/c1-3-32-23(28)19-9-10-21(33-19)34(29,30)25-13-11-18(12-14-25)22(27)24(16-20(26)31-2)15-17-7-5-4-6-8-17/h4-10,18H,3,11-16H2,1-2H3. The van der Waals surface area contributed by atoms with E-state index in [9.17, 15) is 22.8 Å². The Kier molecular flexibility index (Phi) is 8.46. The molecule has 1 fully saturated rings. The second kappa shape index (κ2) is 11.3. The number of hydrogen-bond acceptors (Lipinski definition) is 8. The molecule has 0 radical (unpaired) electrons. The Bertz CT molecular complexity index is 1100. The molecule has 1 amide bonds. The van der Waals surface area contributed by atoms with Gasteiger partial charge in [-0.25, -0.2) is 13.2 Å². The number of benzene rings is 1. The maximum atomic E-state index is 13.2. The van der Waals surface area contributed by atoms with E-state index in [-0.39, 0.29) is 62.4 Å². The van der Waals surface area contributed by atoms with E-state index < -0.39 is 27.9 Å². The molecular formula is C23H28N2O8S. The highest BCUT2D eigenvalue weighted by molar-refractivity contribution is 7.89. The van der Waals surface area contributed by atoms with Crippen LogP contribution < -0.4 is 0 Å². The van der Waals surface area contributed by atoms with Gasteiger partial charge < -0.3 is 18.8 Å². The Balaban J connectivity index is 1.66. The minimum absolute atomic E-state index is 0.103. The number of ether oxygens (including phenoxy) is 2. The Morgan fingerprint density at radius 1 is 1.09 bits per heavy atom. The lowest BCUT2D eigenvalue weighted by Gasteiger charge is -2.33. The number of furan rings is 1. The van der Waals surface area contributed by atoms with Crippen LogP contribution >= 0.6 is 0 Å². The number of nitrogens with zero attached hydrogens (tertiary/aromatic N) is 2. The SMILES string of the molecule is CCOC(=O)c1ccc(S(=O)(=O)N2CCC(C(=O)N(CC(=O)OC)Cc3ccccc3)CC2)o1. The number of esters is 2. The molecule has 1 aromatic heterocycles. The Morgan fingerprint density at radius 2 is 1.76 bits per heavy atom. The fourth-order valence-corrected chi connectivity index (χ4v) is 5.12. The van der Waals surface area contributed by atoms with Gasteiger partial charge in [0.25, 0.3) is 10.0 Å².